The molecule has 0 aliphatic heterocycles. The molecule has 130 valence electrons. The molecule has 0 atom stereocenters. The molecule has 1 aromatic carbocycles. The van der Waals surface area contributed by atoms with E-state index in [1.54, 1.807) is 25.6 Å². The van der Waals surface area contributed by atoms with E-state index in [2.05, 4.69) is 20.3 Å². The molecule has 0 saturated heterocycles. The van der Waals surface area contributed by atoms with Gasteiger partial charge in [-0.1, -0.05) is 6.07 Å². The van der Waals surface area contributed by atoms with Crippen molar-refractivity contribution in [2.24, 2.45) is 0 Å². The average molecular weight is 346 g/mol. The summed E-state index contributed by atoms with van der Waals surface area (Å²) >= 11 is 0. The van der Waals surface area contributed by atoms with Crippen LogP contribution in [0.1, 0.15) is 11.3 Å². The van der Waals surface area contributed by atoms with Gasteiger partial charge >= 0.3 is 0 Å². The number of aromatic nitrogens is 3. The van der Waals surface area contributed by atoms with E-state index in [1.807, 2.05) is 42.5 Å². The van der Waals surface area contributed by atoms with Gasteiger partial charge in [0.15, 0.2) is 0 Å². The lowest BCUT2D eigenvalue weighted by Crippen LogP contribution is -2.20. The highest BCUT2D eigenvalue weighted by Crippen LogP contribution is 2.20. The van der Waals surface area contributed by atoms with E-state index < -0.39 is 0 Å². The predicted molar refractivity (Wildman–Crippen MR) is 99.1 cm³/mol. The zero-order chi connectivity index (χ0) is 18.2. The lowest BCUT2D eigenvalue weighted by atomic mass is 10.1. The van der Waals surface area contributed by atoms with Crippen LogP contribution < -0.4 is 10.1 Å². The number of nitrogens with one attached hydrogen (secondary N) is 1. The third-order valence-electron chi connectivity index (χ3n) is 3.66. The summed E-state index contributed by atoms with van der Waals surface area (Å²) in [7, 11) is 1.63. The van der Waals surface area contributed by atoms with Crippen molar-refractivity contribution in [3.8, 4) is 17.0 Å². The fourth-order valence-corrected chi connectivity index (χ4v) is 2.30. The second-order valence-electron chi connectivity index (χ2n) is 5.46. The van der Waals surface area contributed by atoms with Gasteiger partial charge in [-0.05, 0) is 48.0 Å². The van der Waals surface area contributed by atoms with Crippen molar-refractivity contribution in [3.63, 3.8) is 0 Å². The van der Waals surface area contributed by atoms with Crippen LogP contribution in [0.15, 0.2) is 67.3 Å². The van der Waals surface area contributed by atoms with Gasteiger partial charge in [-0.15, -0.1) is 0 Å². The maximum Gasteiger partial charge on any atom is 0.244 e. The summed E-state index contributed by atoms with van der Waals surface area (Å²) < 4.78 is 5.16. The molecule has 6 nitrogen and oxygen atoms in total. The maximum absolute atomic E-state index is 11.9. The summed E-state index contributed by atoms with van der Waals surface area (Å²) in [4.78, 5) is 24.4. The molecule has 0 saturated carbocycles. The summed E-state index contributed by atoms with van der Waals surface area (Å²) in [5.41, 5.74) is 3.34. The number of hydrogen-bond donors (Lipinski definition) is 1. The normalized spacial score (nSPS) is 10.7. The number of carbonyl (C=O) groups excluding carboxylic acids is 1. The highest BCUT2D eigenvalue weighted by atomic mass is 16.5. The number of methoxy groups -OCH3 is 1. The Morgan fingerprint density at radius 1 is 1.19 bits per heavy atom. The number of rotatable bonds is 6. The standard InChI is InChI=1S/C20H18N4O2/c1-26-18-7-5-16(6-8-18)19-11-17(23-14-24-19)13-22-20(25)9-4-15-3-2-10-21-12-15/h2-12,14H,13H2,1H3,(H,22,25)/b9-4+. The number of hydrogen-bond acceptors (Lipinski definition) is 5. The Labute approximate surface area is 151 Å². The highest BCUT2D eigenvalue weighted by Gasteiger charge is 2.04. The van der Waals surface area contributed by atoms with E-state index in [0.717, 1.165) is 28.3 Å². The third kappa shape index (κ3) is 4.73. The van der Waals surface area contributed by atoms with Crippen LogP contribution in [0.3, 0.4) is 0 Å². The molecular formula is C20H18N4O2. The highest BCUT2D eigenvalue weighted by molar-refractivity contribution is 5.91. The molecule has 0 bridgehead atoms. The quantitative estimate of drug-likeness (QED) is 0.695. The summed E-state index contributed by atoms with van der Waals surface area (Å²) in [6.07, 6.45) is 8.06. The van der Waals surface area contributed by atoms with Gasteiger partial charge in [0.2, 0.25) is 5.91 Å². The van der Waals surface area contributed by atoms with Gasteiger partial charge in [0.05, 0.1) is 25.0 Å². The molecule has 0 fully saturated rings. The van der Waals surface area contributed by atoms with Gasteiger partial charge in [0.1, 0.15) is 12.1 Å². The topological polar surface area (TPSA) is 77.0 Å². The molecule has 6 heteroatoms. The van der Waals surface area contributed by atoms with Crippen LogP contribution in [-0.4, -0.2) is 28.0 Å². The maximum atomic E-state index is 11.9. The van der Waals surface area contributed by atoms with Gasteiger partial charge < -0.3 is 10.1 Å². The van der Waals surface area contributed by atoms with Crippen LogP contribution in [-0.2, 0) is 11.3 Å². The first-order chi connectivity index (χ1) is 12.7. The number of ether oxygens (including phenoxy) is 1. The molecular weight excluding hydrogens is 328 g/mol. The van der Waals surface area contributed by atoms with Crippen LogP contribution in [0.25, 0.3) is 17.3 Å². The number of amides is 1. The Kier molecular flexibility index (Phi) is 5.67. The Morgan fingerprint density at radius 3 is 2.77 bits per heavy atom. The lowest BCUT2D eigenvalue weighted by Gasteiger charge is -2.06. The van der Waals surface area contributed by atoms with Crippen LogP contribution in [0.2, 0.25) is 0 Å². The van der Waals surface area contributed by atoms with E-state index >= 15 is 0 Å². The van der Waals surface area contributed by atoms with Gasteiger partial charge in [0, 0.05) is 24.0 Å². The van der Waals surface area contributed by atoms with Crippen molar-refractivity contribution < 1.29 is 9.53 Å². The zero-order valence-electron chi connectivity index (χ0n) is 14.3. The van der Waals surface area contributed by atoms with Gasteiger partial charge in [-0.2, -0.15) is 0 Å². The van der Waals surface area contributed by atoms with Crippen molar-refractivity contribution in [1.29, 1.82) is 0 Å². The number of carbonyl (C=O) groups is 1. The van der Waals surface area contributed by atoms with Crippen molar-refractivity contribution in [2.45, 2.75) is 6.54 Å². The SMILES string of the molecule is COc1ccc(-c2cc(CNC(=O)/C=C/c3cccnc3)ncn2)cc1. The zero-order valence-corrected chi connectivity index (χ0v) is 14.3. The predicted octanol–water partition coefficient (Wildman–Crippen LogP) is 2.88. The van der Waals surface area contributed by atoms with Crippen LogP contribution in [0.5, 0.6) is 5.75 Å². The lowest BCUT2D eigenvalue weighted by molar-refractivity contribution is -0.116. The molecule has 2 heterocycles. The molecule has 0 unspecified atom stereocenters. The minimum Gasteiger partial charge on any atom is -0.497 e. The van der Waals surface area contributed by atoms with E-state index in [-0.39, 0.29) is 5.91 Å². The van der Waals surface area contributed by atoms with Crippen molar-refractivity contribution in [2.75, 3.05) is 7.11 Å². The molecule has 1 amide bonds. The number of nitrogens with zero attached hydrogens (tertiary/aromatic N) is 3. The molecule has 3 aromatic rings. The second-order valence-corrected chi connectivity index (χ2v) is 5.46. The van der Waals surface area contributed by atoms with E-state index in [9.17, 15) is 4.79 Å². The van der Waals surface area contributed by atoms with Crippen molar-refractivity contribution in [1.82, 2.24) is 20.3 Å². The Morgan fingerprint density at radius 2 is 2.04 bits per heavy atom. The number of benzene rings is 1. The molecule has 26 heavy (non-hydrogen) atoms. The first kappa shape index (κ1) is 17.3. The summed E-state index contributed by atoms with van der Waals surface area (Å²) in [6.45, 7) is 0.321. The average Bonchev–Trinajstić information content (AvgIpc) is 2.72. The fourth-order valence-electron chi connectivity index (χ4n) is 2.30. The molecule has 0 radical (unpaired) electrons. The minimum atomic E-state index is -0.196. The summed E-state index contributed by atoms with van der Waals surface area (Å²) in [5.74, 6) is 0.592. The summed E-state index contributed by atoms with van der Waals surface area (Å²) in [6, 6.07) is 13.2. The van der Waals surface area contributed by atoms with E-state index in [0.29, 0.717) is 6.54 Å². The Balaban J connectivity index is 1.61. The smallest absolute Gasteiger partial charge is 0.244 e. The summed E-state index contributed by atoms with van der Waals surface area (Å²) in [5, 5.41) is 2.81. The van der Waals surface area contributed by atoms with E-state index in [4.69, 9.17) is 4.74 Å². The Bertz CT molecular complexity index is 893. The fraction of sp³-hybridized carbons (Fsp3) is 0.100. The molecule has 3 rings (SSSR count). The van der Waals surface area contributed by atoms with Crippen LogP contribution in [0.4, 0.5) is 0 Å². The monoisotopic (exact) mass is 346 g/mol. The largest absolute Gasteiger partial charge is 0.497 e. The molecule has 1 N–H and O–H groups in total. The van der Waals surface area contributed by atoms with Gasteiger partial charge in [-0.3, -0.25) is 9.78 Å². The van der Waals surface area contributed by atoms with Crippen molar-refractivity contribution >= 4 is 12.0 Å². The molecule has 0 aliphatic carbocycles. The van der Waals surface area contributed by atoms with Crippen LogP contribution in [0, 0.1) is 0 Å². The first-order valence-electron chi connectivity index (χ1n) is 8.06. The van der Waals surface area contributed by atoms with Crippen LogP contribution >= 0.6 is 0 Å². The third-order valence-corrected chi connectivity index (χ3v) is 3.66. The number of pyridine rings is 1. The molecule has 0 spiro atoms. The van der Waals surface area contributed by atoms with Gasteiger partial charge in [-0.25, -0.2) is 9.97 Å². The molecule has 0 aliphatic rings. The second kappa shape index (κ2) is 8.53. The van der Waals surface area contributed by atoms with E-state index in [1.165, 1.54) is 12.4 Å². The first-order valence-corrected chi connectivity index (χ1v) is 8.06. The Hall–Kier alpha value is -3.54. The van der Waals surface area contributed by atoms with Crippen molar-refractivity contribution in [3.05, 3.63) is 78.5 Å². The molecule has 2 aromatic heterocycles. The van der Waals surface area contributed by atoms with Gasteiger partial charge in [0.25, 0.3) is 0 Å². The minimum absolute atomic E-state index is 0.196.